The number of ether oxygens (including phenoxy) is 1. The van der Waals surface area contributed by atoms with Gasteiger partial charge in [0.25, 0.3) is 0 Å². The minimum Gasteiger partial charge on any atom is -0.396 e. The Balaban J connectivity index is 2.03. The van der Waals surface area contributed by atoms with Gasteiger partial charge in [-0.15, -0.1) is 0 Å². The van der Waals surface area contributed by atoms with Crippen molar-refractivity contribution in [1.82, 2.24) is 14.9 Å². The van der Waals surface area contributed by atoms with Crippen LogP contribution in [-0.4, -0.2) is 41.5 Å². The van der Waals surface area contributed by atoms with Gasteiger partial charge in [-0.05, 0) is 37.0 Å². The van der Waals surface area contributed by atoms with Crippen LogP contribution in [-0.2, 0) is 17.8 Å². The molecule has 0 aliphatic carbocycles. The zero-order chi connectivity index (χ0) is 14.9. The molecule has 0 amide bonds. The van der Waals surface area contributed by atoms with Gasteiger partial charge in [-0.25, -0.2) is 4.98 Å². The lowest BCUT2D eigenvalue weighted by molar-refractivity contribution is 0.199. The monoisotopic (exact) mass is 291 g/mol. The van der Waals surface area contributed by atoms with Crippen molar-refractivity contribution in [3.63, 3.8) is 0 Å². The number of hydrogen-bond acceptors (Lipinski definition) is 4. The number of methoxy groups -OCH3 is 1. The van der Waals surface area contributed by atoms with Crippen LogP contribution in [0.1, 0.15) is 24.8 Å². The Morgan fingerprint density at radius 3 is 3.05 bits per heavy atom. The Kier molecular flexibility index (Phi) is 6.66. The standard InChI is InChI=1S/C16H25N3O2/c1-21-11-8-17-12-14-13-19(9-3-2-4-10-20)16-15(14)6-5-7-18-16/h5-7,13,17,20H,2-4,8-12H2,1H3. The van der Waals surface area contributed by atoms with Crippen molar-refractivity contribution in [2.24, 2.45) is 0 Å². The van der Waals surface area contributed by atoms with Gasteiger partial charge in [0.2, 0.25) is 0 Å². The van der Waals surface area contributed by atoms with Crippen LogP contribution in [0.2, 0.25) is 0 Å². The molecule has 2 aromatic heterocycles. The number of aliphatic hydroxyl groups excluding tert-OH is 1. The van der Waals surface area contributed by atoms with E-state index in [1.807, 2.05) is 12.3 Å². The Morgan fingerprint density at radius 2 is 2.24 bits per heavy atom. The number of aromatic nitrogens is 2. The van der Waals surface area contributed by atoms with E-state index in [0.717, 1.165) is 51.2 Å². The fraction of sp³-hybridized carbons (Fsp3) is 0.562. The molecule has 5 nitrogen and oxygen atoms in total. The van der Waals surface area contributed by atoms with Gasteiger partial charge in [0.1, 0.15) is 5.65 Å². The van der Waals surface area contributed by atoms with Gasteiger partial charge < -0.3 is 19.7 Å². The van der Waals surface area contributed by atoms with E-state index in [1.54, 1.807) is 7.11 Å². The summed E-state index contributed by atoms with van der Waals surface area (Å²) in [5.74, 6) is 0. The van der Waals surface area contributed by atoms with E-state index >= 15 is 0 Å². The van der Waals surface area contributed by atoms with Crippen LogP contribution in [0, 0.1) is 0 Å². The zero-order valence-corrected chi connectivity index (χ0v) is 12.7. The minimum absolute atomic E-state index is 0.277. The van der Waals surface area contributed by atoms with Crippen LogP contribution < -0.4 is 5.32 Å². The molecule has 0 aliphatic rings. The number of fused-ring (bicyclic) bond motifs is 1. The van der Waals surface area contributed by atoms with E-state index in [2.05, 4.69) is 27.1 Å². The topological polar surface area (TPSA) is 59.3 Å². The van der Waals surface area contributed by atoms with E-state index in [4.69, 9.17) is 9.84 Å². The van der Waals surface area contributed by atoms with Gasteiger partial charge in [-0.3, -0.25) is 0 Å². The summed E-state index contributed by atoms with van der Waals surface area (Å²) in [4.78, 5) is 4.51. The molecule has 0 radical (unpaired) electrons. The molecule has 5 heteroatoms. The fourth-order valence-electron chi connectivity index (χ4n) is 2.47. The molecule has 2 N–H and O–H groups in total. The number of aryl methyl sites for hydroxylation is 1. The highest BCUT2D eigenvalue weighted by atomic mass is 16.5. The maximum atomic E-state index is 8.84. The highest BCUT2D eigenvalue weighted by molar-refractivity contribution is 5.80. The van der Waals surface area contributed by atoms with Gasteiger partial charge in [0.15, 0.2) is 0 Å². The summed E-state index contributed by atoms with van der Waals surface area (Å²) in [6, 6.07) is 4.11. The quantitative estimate of drug-likeness (QED) is 0.657. The second-order valence-electron chi connectivity index (χ2n) is 5.18. The molecule has 0 fully saturated rings. The molecule has 0 aliphatic heterocycles. The first-order chi connectivity index (χ1) is 10.4. The smallest absolute Gasteiger partial charge is 0.140 e. The molecule has 21 heavy (non-hydrogen) atoms. The predicted octanol–water partition coefficient (Wildman–Crippen LogP) is 1.93. The average Bonchev–Trinajstić information content (AvgIpc) is 2.87. The molecule has 116 valence electrons. The molecular formula is C16H25N3O2. The van der Waals surface area contributed by atoms with E-state index < -0.39 is 0 Å². The third-order valence-electron chi connectivity index (χ3n) is 3.57. The summed E-state index contributed by atoms with van der Waals surface area (Å²) < 4.78 is 7.27. The second kappa shape index (κ2) is 8.77. The number of nitrogens with zero attached hydrogens (tertiary/aromatic N) is 2. The molecule has 2 aromatic rings. The molecule has 0 atom stereocenters. The maximum Gasteiger partial charge on any atom is 0.140 e. The van der Waals surface area contributed by atoms with Gasteiger partial charge in [-0.2, -0.15) is 0 Å². The van der Waals surface area contributed by atoms with Crippen molar-refractivity contribution in [1.29, 1.82) is 0 Å². The summed E-state index contributed by atoms with van der Waals surface area (Å²) in [6.07, 6.45) is 7.02. The largest absolute Gasteiger partial charge is 0.396 e. The molecule has 0 saturated heterocycles. The van der Waals surface area contributed by atoms with Crippen LogP contribution >= 0.6 is 0 Å². The highest BCUT2D eigenvalue weighted by Crippen LogP contribution is 2.20. The lowest BCUT2D eigenvalue weighted by atomic mass is 10.2. The van der Waals surface area contributed by atoms with Crippen molar-refractivity contribution in [3.8, 4) is 0 Å². The first-order valence-corrected chi connectivity index (χ1v) is 7.60. The maximum absolute atomic E-state index is 8.84. The summed E-state index contributed by atoms with van der Waals surface area (Å²) in [7, 11) is 1.71. The summed E-state index contributed by atoms with van der Waals surface area (Å²) in [5.41, 5.74) is 2.32. The van der Waals surface area contributed by atoms with Gasteiger partial charge in [0.05, 0.1) is 6.61 Å². The van der Waals surface area contributed by atoms with Crippen molar-refractivity contribution >= 4 is 11.0 Å². The van der Waals surface area contributed by atoms with Crippen molar-refractivity contribution in [2.75, 3.05) is 26.9 Å². The zero-order valence-electron chi connectivity index (χ0n) is 12.7. The number of hydrogen-bond donors (Lipinski definition) is 2. The first kappa shape index (κ1) is 15.9. The highest BCUT2D eigenvalue weighted by Gasteiger charge is 2.08. The van der Waals surface area contributed by atoms with Crippen molar-refractivity contribution in [2.45, 2.75) is 32.4 Å². The van der Waals surface area contributed by atoms with Gasteiger partial charge in [-0.1, -0.05) is 0 Å². The molecule has 2 heterocycles. The normalized spacial score (nSPS) is 11.3. The molecule has 0 unspecified atom stereocenters. The minimum atomic E-state index is 0.277. The Hall–Kier alpha value is -1.43. The van der Waals surface area contributed by atoms with Gasteiger partial charge >= 0.3 is 0 Å². The van der Waals surface area contributed by atoms with Crippen molar-refractivity contribution < 1.29 is 9.84 Å². The Morgan fingerprint density at radius 1 is 1.33 bits per heavy atom. The third-order valence-corrected chi connectivity index (χ3v) is 3.57. The SMILES string of the molecule is COCCNCc1cn(CCCCCO)c2ncccc12. The predicted molar refractivity (Wildman–Crippen MR) is 84.3 cm³/mol. The third kappa shape index (κ3) is 4.52. The summed E-state index contributed by atoms with van der Waals surface area (Å²) >= 11 is 0. The lowest BCUT2D eigenvalue weighted by Crippen LogP contribution is -2.18. The molecule has 0 bridgehead atoms. The molecular weight excluding hydrogens is 266 g/mol. The Bertz CT molecular complexity index is 493. The number of nitrogens with one attached hydrogen (secondary N) is 1. The van der Waals surface area contributed by atoms with E-state index in [9.17, 15) is 0 Å². The van der Waals surface area contributed by atoms with Crippen molar-refractivity contribution in [3.05, 3.63) is 30.1 Å². The van der Waals surface area contributed by atoms with E-state index in [0.29, 0.717) is 0 Å². The molecule has 2 rings (SSSR count). The fourth-order valence-corrected chi connectivity index (χ4v) is 2.47. The number of aliphatic hydroxyl groups is 1. The Labute approximate surface area is 125 Å². The molecule has 0 aromatic carbocycles. The van der Waals surface area contributed by atoms with Crippen LogP contribution in [0.3, 0.4) is 0 Å². The second-order valence-corrected chi connectivity index (χ2v) is 5.18. The summed E-state index contributed by atoms with van der Waals surface area (Å²) in [5, 5.41) is 13.4. The number of pyridine rings is 1. The van der Waals surface area contributed by atoms with E-state index in [-0.39, 0.29) is 6.61 Å². The van der Waals surface area contributed by atoms with E-state index in [1.165, 1.54) is 10.9 Å². The van der Waals surface area contributed by atoms with Crippen LogP contribution in [0.15, 0.2) is 24.5 Å². The number of rotatable bonds is 10. The number of unbranched alkanes of at least 4 members (excludes halogenated alkanes) is 2. The van der Waals surface area contributed by atoms with Crippen LogP contribution in [0.5, 0.6) is 0 Å². The first-order valence-electron chi connectivity index (χ1n) is 7.60. The lowest BCUT2D eigenvalue weighted by Gasteiger charge is -2.03. The summed E-state index contributed by atoms with van der Waals surface area (Å²) in [6.45, 7) is 3.62. The average molecular weight is 291 g/mol. The van der Waals surface area contributed by atoms with Crippen LogP contribution in [0.25, 0.3) is 11.0 Å². The van der Waals surface area contributed by atoms with Gasteiger partial charge in [0, 0.05) is 51.1 Å². The molecule has 0 saturated carbocycles. The van der Waals surface area contributed by atoms with Crippen LogP contribution in [0.4, 0.5) is 0 Å². The molecule has 0 spiro atoms.